The van der Waals surface area contributed by atoms with Gasteiger partial charge in [-0.1, -0.05) is 11.6 Å². The van der Waals surface area contributed by atoms with Gasteiger partial charge in [0.15, 0.2) is 5.82 Å². The van der Waals surface area contributed by atoms with Crippen molar-refractivity contribution in [1.29, 1.82) is 0 Å². The van der Waals surface area contributed by atoms with Crippen LogP contribution in [-0.2, 0) is 4.74 Å². The second-order valence-electron chi connectivity index (χ2n) is 12.1. The summed E-state index contributed by atoms with van der Waals surface area (Å²) in [6, 6.07) is 1.85. The van der Waals surface area contributed by atoms with Crippen LogP contribution in [0, 0.1) is 5.82 Å². The highest BCUT2D eigenvalue weighted by atomic mass is 79.9. The lowest BCUT2D eigenvalue weighted by atomic mass is 9.95. The fraction of sp³-hybridized carbons (Fsp3) is 0.667. The largest absolute Gasteiger partial charge is 0.461 e. The number of carbonyl (C=O) groups excluding carboxylic acids is 1. The first-order valence-corrected chi connectivity index (χ1v) is 14.7. The van der Waals surface area contributed by atoms with E-state index in [0.717, 1.165) is 51.6 Å². The Kier molecular flexibility index (Phi) is 6.67. The second kappa shape index (κ2) is 9.63. The molecule has 1 aromatic heterocycles. The van der Waals surface area contributed by atoms with Crippen LogP contribution in [0.2, 0.25) is 5.02 Å². The number of piperazine rings is 1. The lowest BCUT2D eigenvalue weighted by Crippen LogP contribution is -2.57. The molecule has 1 aromatic carbocycles. The van der Waals surface area contributed by atoms with Crippen molar-refractivity contribution >= 4 is 50.3 Å². The molecule has 206 valence electrons. The van der Waals surface area contributed by atoms with Crippen molar-refractivity contribution in [2.24, 2.45) is 0 Å². The molecule has 6 rings (SSSR count). The van der Waals surface area contributed by atoms with Crippen molar-refractivity contribution in [2.75, 3.05) is 37.7 Å². The summed E-state index contributed by atoms with van der Waals surface area (Å²) >= 11 is 9.64. The molecule has 4 aliphatic rings. The van der Waals surface area contributed by atoms with E-state index in [0.29, 0.717) is 30.9 Å². The van der Waals surface area contributed by atoms with E-state index in [2.05, 4.69) is 30.7 Å². The molecule has 0 spiro atoms. The quantitative estimate of drug-likeness (QED) is 0.407. The van der Waals surface area contributed by atoms with Crippen molar-refractivity contribution < 1.29 is 18.7 Å². The Morgan fingerprint density at radius 3 is 2.47 bits per heavy atom. The van der Waals surface area contributed by atoms with Gasteiger partial charge in [0.1, 0.15) is 23.5 Å². The van der Waals surface area contributed by atoms with Crippen LogP contribution in [0.3, 0.4) is 0 Å². The Morgan fingerprint density at radius 2 is 1.84 bits per heavy atom. The number of benzene rings is 1. The zero-order chi connectivity index (χ0) is 26.8. The highest BCUT2D eigenvalue weighted by Gasteiger charge is 2.46. The molecular weight excluding hydrogens is 577 g/mol. The fourth-order valence-electron chi connectivity index (χ4n) is 6.79. The number of ether oxygens (including phenoxy) is 2. The minimum Gasteiger partial charge on any atom is -0.461 e. The normalized spacial score (nSPS) is 24.8. The van der Waals surface area contributed by atoms with Crippen LogP contribution in [0.4, 0.5) is 15.0 Å². The predicted molar refractivity (Wildman–Crippen MR) is 148 cm³/mol. The summed E-state index contributed by atoms with van der Waals surface area (Å²) in [5, 5.41) is 0.796. The van der Waals surface area contributed by atoms with Gasteiger partial charge in [-0.2, -0.15) is 9.97 Å². The number of hydrogen-bond acceptors (Lipinski definition) is 7. The monoisotopic (exact) mass is 609 g/mol. The van der Waals surface area contributed by atoms with Crippen LogP contribution in [0.5, 0.6) is 6.01 Å². The smallest absolute Gasteiger partial charge is 0.410 e. The summed E-state index contributed by atoms with van der Waals surface area (Å²) in [5.74, 6) is 0.0594. The maximum Gasteiger partial charge on any atom is 0.410 e. The van der Waals surface area contributed by atoms with Gasteiger partial charge in [-0.25, -0.2) is 9.18 Å². The first-order chi connectivity index (χ1) is 18.0. The molecule has 0 aliphatic carbocycles. The first-order valence-electron chi connectivity index (χ1n) is 13.5. The number of carbonyl (C=O) groups is 1. The summed E-state index contributed by atoms with van der Waals surface area (Å²) in [6.07, 6.45) is 6.00. The van der Waals surface area contributed by atoms with Gasteiger partial charge in [0.25, 0.3) is 0 Å². The van der Waals surface area contributed by atoms with Gasteiger partial charge in [-0.15, -0.1) is 0 Å². The van der Waals surface area contributed by atoms with Crippen LogP contribution in [0.1, 0.15) is 59.3 Å². The van der Waals surface area contributed by atoms with E-state index in [9.17, 15) is 4.79 Å². The molecule has 11 heteroatoms. The second-order valence-corrected chi connectivity index (χ2v) is 13.3. The molecule has 38 heavy (non-hydrogen) atoms. The van der Waals surface area contributed by atoms with Crippen LogP contribution in [0.25, 0.3) is 10.9 Å². The number of nitrogens with zero attached hydrogens (tertiary/aromatic N) is 5. The van der Waals surface area contributed by atoms with E-state index in [4.69, 9.17) is 26.1 Å². The maximum atomic E-state index is 15.5. The van der Waals surface area contributed by atoms with Crippen molar-refractivity contribution in [3.63, 3.8) is 0 Å². The molecular formula is C27H34BrClFN5O3. The van der Waals surface area contributed by atoms with Gasteiger partial charge in [0.2, 0.25) is 0 Å². The van der Waals surface area contributed by atoms with Crippen molar-refractivity contribution in [1.82, 2.24) is 19.8 Å². The first kappa shape index (κ1) is 26.3. The summed E-state index contributed by atoms with van der Waals surface area (Å²) in [5.41, 5.74) is -0.358. The third-order valence-corrected chi connectivity index (χ3v) is 9.76. The minimum atomic E-state index is -0.557. The minimum absolute atomic E-state index is 0.0156. The zero-order valence-electron chi connectivity index (χ0n) is 22.1. The summed E-state index contributed by atoms with van der Waals surface area (Å²) < 4.78 is 27.6. The number of rotatable bonds is 4. The van der Waals surface area contributed by atoms with E-state index in [1.165, 1.54) is 0 Å². The summed E-state index contributed by atoms with van der Waals surface area (Å²) in [7, 11) is 0. The number of amides is 1. The molecule has 4 aliphatic heterocycles. The lowest BCUT2D eigenvalue weighted by Gasteiger charge is -2.42. The third kappa shape index (κ3) is 4.60. The molecule has 2 atom stereocenters. The molecule has 4 fully saturated rings. The Morgan fingerprint density at radius 1 is 1.18 bits per heavy atom. The van der Waals surface area contributed by atoms with Gasteiger partial charge in [-0.3, -0.25) is 9.80 Å². The van der Waals surface area contributed by atoms with Gasteiger partial charge in [-0.05, 0) is 94.4 Å². The van der Waals surface area contributed by atoms with E-state index in [-0.39, 0.29) is 44.7 Å². The molecule has 1 amide bonds. The number of fused-ring (bicyclic) bond motifs is 4. The maximum absolute atomic E-state index is 15.5. The Bertz CT molecular complexity index is 1250. The van der Waals surface area contributed by atoms with Gasteiger partial charge in [0.05, 0.1) is 27.1 Å². The Hall–Kier alpha value is -1.91. The molecule has 8 nitrogen and oxygen atoms in total. The Balaban J connectivity index is 1.32. The molecule has 0 radical (unpaired) electrons. The topological polar surface area (TPSA) is 71.0 Å². The predicted octanol–water partition coefficient (Wildman–Crippen LogP) is 5.78. The summed E-state index contributed by atoms with van der Waals surface area (Å²) in [4.78, 5) is 28.8. The van der Waals surface area contributed by atoms with Crippen LogP contribution in [-0.4, -0.2) is 81.9 Å². The number of anilines is 1. The third-order valence-electron chi connectivity index (χ3n) is 8.45. The van der Waals surface area contributed by atoms with E-state index >= 15 is 4.39 Å². The number of hydrogen-bond donors (Lipinski definition) is 0. The molecule has 2 aromatic rings. The van der Waals surface area contributed by atoms with E-state index in [1.807, 2.05) is 25.7 Å². The average Bonchev–Trinajstić information content (AvgIpc) is 3.51. The highest BCUT2D eigenvalue weighted by molar-refractivity contribution is 9.10. The summed E-state index contributed by atoms with van der Waals surface area (Å²) in [6.45, 7) is 9.45. The van der Waals surface area contributed by atoms with Gasteiger partial charge < -0.3 is 14.4 Å². The standard InChI is InChI=1S/C27H34BrClFN5O3/c1-26(2,3)38-25(36)35-16-6-7-17(35)14-33(13-16)23-18-12-19(29)20(28)21(30)22(18)31-24(32-23)37-15-27-8-4-10-34(27)11-5-9-27/h12,16-17H,4-11,13-15H2,1-3H3/t16-,17-/m0/s1. The Labute approximate surface area is 235 Å². The van der Waals surface area contributed by atoms with Crippen molar-refractivity contribution in [2.45, 2.75) is 82.5 Å². The van der Waals surface area contributed by atoms with Crippen LogP contribution < -0.4 is 9.64 Å². The highest BCUT2D eigenvalue weighted by Crippen LogP contribution is 2.41. The fourth-order valence-corrected chi connectivity index (χ4v) is 7.29. The molecule has 0 unspecified atom stereocenters. The molecule has 0 saturated carbocycles. The SMILES string of the molecule is CC(C)(C)OC(=O)N1[C@H]2CC[C@H]1CN(c1nc(OCC34CCCN3CCC4)nc3c(F)c(Br)c(Cl)cc13)C2. The van der Waals surface area contributed by atoms with Gasteiger partial charge >= 0.3 is 12.1 Å². The van der Waals surface area contributed by atoms with Gasteiger partial charge in [0, 0.05) is 18.5 Å². The number of aromatic nitrogens is 2. The van der Waals surface area contributed by atoms with E-state index < -0.39 is 11.4 Å². The lowest BCUT2D eigenvalue weighted by molar-refractivity contribution is 0.0122. The van der Waals surface area contributed by atoms with Crippen molar-refractivity contribution in [3.8, 4) is 6.01 Å². The zero-order valence-corrected chi connectivity index (χ0v) is 24.4. The molecule has 4 saturated heterocycles. The molecule has 0 N–H and O–H groups in total. The average molecular weight is 611 g/mol. The van der Waals surface area contributed by atoms with Crippen LogP contribution in [0.15, 0.2) is 10.5 Å². The van der Waals surface area contributed by atoms with Crippen LogP contribution >= 0.6 is 27.5 Å². The molecule has 2 bridgehead atoms. The van der Waals surface area contributed by atoms with Crippen molar-refractivity contribution in [3.05, 3.63) is 21.4 Å². The van der Waals surface area contributed by atoms with E-state index in [1.54, 1.807) is 6.07 Å². The number of halogens is 3. The molecule has 5 heterocycles.